The van der Waals surface area contributed by atoms with Crippen molar-refractivity contribution in [2.75, 3.05) is 11.4 Å². The molecule has 1 saturated heterocycles. The average molecular weight is 339 g/mol. The van der Waals surface area contributed by atoms with Gasteiger partial charge in [0.05, 0.1) is 11.3 Å². The zero-order chi connectivity index (χ0) is 18.0. The van der Waals surface area contributed by atoms with Crippen LogP contribution in [0, 0.1) is 13.8 Å². The van der Waals surface area contributed by atoms with Gasteiger partial charge in [-0.1, -0.05) is 12.1 Å². The zero-order valence-electron chi connectivity index (χ0n) is 14.6. The van der Waals surface area contributed by atoms with Crippen molar-refractivity contribution in [3.8, 4) is 0 Å². The van der Waals surface area contributed by atoms with E-state index in [1.165, 1.54) is 0 Å². The molecule has 0 unspecified atom stereocenters. The van der Waals surface area contributed by atoms with E-state index in [1.807, 2.05) is 31.2 Å². The molecular formula is C19H21N3O3. The molecule has 1 aliphatic rings. The Morgan fingerprint density at radius 1 is 1.28 bits per heavy atom. The highest BCUT2D eigenvalue weighted by Crippen LogP contribution is 2.22. The minimum atomic E-state index is -0.306. The third kappa shape index (κ3) is 3.63. The van der Waals surface area contributed by atoms with E-state index in [1.54, 1.807) is 24.8 Å². The van der Waals surface area contributed by atoms with Crippen molar-refractivity contribution in [3.63, 3.8) is 0 Å². The van der Waals surface area contributed by atoms with Crippen LogP contribution in [0.15, 0.2) is 39.9 Å². The van der Waals surface area contributed by atoms with Crippen molar-refractivity contribution in [1.29, 1.82) is 0 Å². The van der Waals surface area contributed by atoms with Crippen LogP contribution in [0.3, 0.4) is 0 Å². The van der Waals surface area contributed by atoms with Gasteiger partial charge < -0.3 is 9.32 Å². The van der Waals surface area contributed by atoms with Crippen LogP contribution in [0.25, 0.3) is 0 Å². The lowest BCUT2D eigenvalue weighted by molar-refractivity contribution is -0.117. The highest BCUT2D eigenvalue weighted by Gasteiger charge is 2.21. The minimum Gasteiger partial charge on any atom is -0.466 e. The van der Waals surface area contributed by atoms with E-state index in [9.17, 15) is 9.59 Å². The van der Waals surface area contributed by atoms with Crippen molar-refractivity contribution in [2.45, 2.75) is 33.6 Å². The predicted octanol–water partition coefficient (Wildman–Crippen LogP) is 3.18. The van der Waals surface area contributed by atoms with E-state index < -0.39 is 0 Å². The van der Waals surface area contributed by atoms with Gasteiger partial charge in [-0.05, 0) is 51.0 Å². The molecule has 1 fully saturated rings. The molecule has 130 valence electrons. The second-order valence-corrected chi connectivity index (χ2v) is 6.16. The number of hydrogen-bond acceptors (Lipinski definition) is 4. The summed E-state index contributed by atoms with van der Waals surface area (Å²) in [7, 11) is 0. The van der Waals surface area contributed by atoms with E-state index in [2.05, 4.69) is 10.5 Å². The molecule has 6 nitrogen and oxygen atoms in total. The van der Waals surface area contributed by atoms with Crippen LogP contribution >= 0.6 is 0 Å². The number of carbonyl (C=O) groups excluding carboxylic acids is 2. The number of rotatable bonds is 4. The summed E-state index contributed by atoms with van der Waals surface area (Å²) in [6, 6.07) is 9.32. The summed E-state index contributed by atoms with van der Waals surface area (Å²) >= 11 is 0. The third-order valence-electron chi connectivity index (χ3n) is 4.26. The van der Waals surface area contributed by atoms with Gasteiger partial charge in [0.1, 0.15) is 11.5 Å². The highest BCUT2D eigenvalue weighted by molar-refractivity contribution is 6.03. The first-order valence-corrected chi connectivity index (χ1v) is 8.28. The van der Waals surface area contributed by atoms with Crippen LogP contribution in [0.5, 0.6) is 0 Å². The van der Waals surface area contributed by atoms with Gasteiger partial charge in [0.25, 0.3) is 5.91 Å². The van der Waals surface area contributed by atoms with Gasteiger partial charge in [-0.2, -0.15) is 5.10 Å². The largest absolute Gasteiger partial charge is 0.466 e. The predicted molar refractivity (Wildman–Crippen MR) is 95.9 cm³/mol. The molecule has 0 aliphatic carbocycles. The van der Waals surface area contributed by atoms with Gasteiger partial charge in [-0.3, -0.25) is 9.59 Å². The van der Waals surface area contributed by atoms with Crippen molar-refractivity contribution in [1.82, 2.24) is 5.43 Å². The number of aryl methyl sites for hydroxylation is 2. The Kier molecular flexibility index (Phi) is 4.70. The molecule has 0 spiro atoms. The summed E-state index contributed by atoms with van der Waals surface area (Å²) in [6.45, 7) is 6.10. The van der Waals surface area contributed by atoms with Crippen LogP contribution in [-0.2, 0) is 4.79 Å². The molecule has 1 aromatic carbocycles. The maximum atomic E-state index is 12.2. The Morgan fingerprint density at radius 3 is 2.72 bits per heavy atom. The number of furan rings is 1. The van der Waals surface area contributed by atoms with Crippen LogP contribution in [0.4, 0.5) is 5.69 Å². The summed E-state index contributed by atoms with van der Waals surface area (Å²) in [5.74, 6) is 1.09. The molecule has 2 heterocycles. The highest BCUT2D eigenvalue weighted by atomic mass is 16.3. The van der Waals surface area contributed by atoms with Gasteiger partial charge in [0, 0.05) is 18.7 Å². The average Bonchev–Trinajstić information content (AvgIpc) is 3.17. The van der Waals surface area contributed by atoms with Crippen molar-refractivity contribution >= 4 is 23.2 Å². The number of amides is 2. The number of hydrogen-bond donors (Lipinski definition) is 1. The fourth-order valence-corrected chi connectivity index (χ4v) is 2.94. The zero-order valence-corrected chi connectivity index (χ0v) is 14.6. The summed E-state index contributed by atoms with van der Waals surface area (Å²) in [5, 5.41) is 4.18. The second kappa shape index (κ2) is 6.93. The second-order valence-electron chi connectivity index (χ2n) is 6.16. The fraction of sp³-hybridized carbons (Fsp3) is 0.316. The third-order valence-corrected chi connectivity index (χ3v) is 4.26. The van der Waals surface area contributed by atoms with Crippen molar-refractivity contribution in [3.05, 3.63) is 53.0 Å². The Balaban J connectivity index is 1.75. The van der Waals surface area contributed by atoms with Crippen LogP contribution in [-0.4, -0.2) is 24.1 Å². The maximum Gasteiger partial charge on any atom is 0.274 e. The smallest absolute Gasteiger partial charge is 0.274 e. The van der Waals surface area contributed by atoms with Gasteiger partial charge in [-0.25, -0.2) is 5.43 Å². The van der Waals surface area contributed by atoms with Crippen molar-refractivity contribution in [2.24, 2.45) is 5.10 Å². The molecule has 1 N–H and O–H groups in total. The standard InChI is InChI=1S/C19H21N3O3/c1-12-10-17(14(3)25-12)19(24)21-20-13(2)15-6-4-7-16(11-15)22-9-5-8-18(22)23/h4,6-7,10-11H,5,8-9H2,1-3H3,(H,21,24)/b20-13-. The summed E-state index contributed by atoms with van der Waals surface area (Å²) < 4.78 is 5.36. The normalized spacial score (nSPS) is 14.9. The lowest BCUT2D eigenvalue weighted by atomic mass is 10.1. The number of hydrazone groups is 1. The van der Waals surface area contributed by atoms with Crippen LogP contribution < -0.4 is 10.3 Å². The van der Waals surface area contributed by atoms with E-state index in [4.69, 9.17) is 4.42 Å². The van der Waals surface area contributed by atoms with E-state index in [0.717, 1.165) is 24.2 Å². The van der Waals surface area contributed by atoms with Crippen LogP contribution in [0.2, 0.25) is 0 Å². The number of anilines is 1. The van der Waals surface area contributed by atoms with E-state index in [0.29, 0.717) is 29.2 Å². The van der Waals surface area contributed by atoms with Gasteiger partial charge >= 0.3 is 0 Å². The molecule has 0 atom stereocenters. The molecule has 6 heteroatoms. The molecule has 25 heavy (non-hydrogen) atoms. The van der Waals surface area contributed by atoms with Gasteiger partial charge in [0.15, 0.2) is 0 Å². The first-order chi connectivity index (χ1) is 12.0. The summed E-state index contributed by atoms with van der Waals surface area (Å²) in [5.41, 5.74) is 5.42. The van der Waals surface area contributed by atoms with Gasteiger partial charge in [0.2, 0.25) is 5.91 Å². The lowest BCUT2D eigenvalue weighted by Crippen LogP contribution is -2.24. The lowest BCUT2D eigenvalue weighted by Gasteiger charge is -2.16. The molecule has 3 rings (SSSR count). The number of benzene rings is 1. The molecule has 1 aromatic heterocycles. The first-order valence-electron chi connectivity index (χ1n) is 8.28. The molecule has 0 bridgehead atoms. The molecular weight excluding hydrogens is 318 g/mol. The monoisotopic (exact) mass is 339 g/mol. The first kappa shape index (κ1) is 17.0. The Labute approximate surface area is 146 Å². The Hall–Kier alpha value is -2.89. The number of nitrogens with zero attached hydrogens (tertiary/aromatic N) is 2. The van der Waals surface area contributed by atoms with E-state index >= 15 is 0 Å². The molecule has 1 aliphatic heterocycles. The summed E-state index contributed by atoms with van der Waals surface area (Å²) in [4.78, 5) is 25.9. The van der Waals surface area contributed by atoms with E-state index in [-0.39, 0.29) is 11.8 Å². The fourth-order valence-electron chi connectivity index (χ4n) is 2.94. The molecule has 2 amide bonds. The topological polar surface area (TPSA) is 74.9 Å². The molecule has 2 aromatic rings. The summed E-state index contributed by atoms with van der Waals surface area (Å²) in [6.07, 6.45) is 1.48. The maximum absolute atomic E-state index is 12.2. The van der Waals surface area contributed by atoms with Crippen molar-refractivity contribution < 1.29 is 14.0 Å². The molecule has 0 radical (unpaired) electrons. The molecule has 0 saturated carbocycles. The number of carbonyl (C=O) groups is 2. The van der Waals surface area contributed by atoms with Crippen LogP contribution in [0.1, 0.15) is 47.2 Å². The Bertz CT molecular complexity index is 851. The SMILES string of the molecule is C/C(=N/NC(=O)c1cc(C)oc1C)c1cccc(N2CCCC2=O)c1. The number of nitrogens with one attached hydrogen (secondary N) is 1. The van der Waals surface area contributed by atoms with Gasteiger partial charge in [-0.15, -0.1) is 0 Å². The Morgan fingerprint density at radius 2 is 2.08 bits per heavy atom. The quantitative estimate of drug-likeness (QED) is 0.687. The minimum absolute atomic E-state index is 0.144.